The third-order valence-corrected chi connectivity index (χ3v) is 4.56. The maximum Gasteiger partial charge on any atom is 0.416 e. The molecule has 0 saturated heterocycles. The van der Waals surface area contributed by atoms with Crippen LogP contribution in [0.15, 0.2) is 34.7 Å². The molecule has 126 valence electrons. The molecule has 2 aromatic rings. The van der Waals surface area contributed by atoms with E-state index in [1.807, 2.05) is 0 Å². The Labute approximate surface area is 132 Å². The number of hydrogen-bond donors (Lipinski definition) is 1. The van der Waals surface area contributed by atoms with Gasteiger partial charge in [-0.2, -0.15) is 13.2 Å². The number of aryl methyl sites for hydroxylation is 2. The molecule has 0 atom stereocenters. The summed E-state index contributed by atoms with van der Waals surface area (Å²) in [5.41, 5.74) is 0.195. The van der Waals surface area contributed by atoms with Gasteiger partial charge < -0.3 is 4.42 Å². The van der Waals surface area contributed by atoms with Crippen molar-refractivity contribution < 1.29 is 26.0 Å². The highest BCUT2D eigenvalue weighted by atomic mass is 32.2. The van der Waals surface area contributed by atoms with Gasteiger partial charge in [0.2, 0.25) is 10.0 Å². The molecule has 0 unspecified atom stereocenters. The molecule has 0 saturated carbocycles. The summed E-state index contributed by atoms with van der Waals surface area (Å²) in [5.74, 6) is 0.917. The van der Waals surface area contributed by atoms with E-state index in [1.165, 1.54) is 0 Å². The van der Waals surface area contributed by atoms with Gasteiger partial charge in [0.05, 0.1) is 11.3 Å². The quantitative estimate of drug-likeness (QED) is 0.900. The smallest absolute Gasteiger partial charge is 0.416 e. The maximum absolute atomic E-state index is 12.5. The molecule has 1 N–H and O–H groups in total. The summed E-state index contributed by atoms with van der Waals surface area (Å²) >= 11 is 0. The number of rotatable bonds is 5. The fourth-order valence-corrected chi connectivity index (χ4v) is 3.22. The number of hydrogen-bond acceptors (Lipinski definition) is 3. The van der Waals surface area contributed by atoms with E-state index in [1.54, 1.807) is 19.9 Å². The molecule has 0 spiro atoms. The number of benzene rings is 1. The standard InChI is InChI=1S/C15H16F3NO3S/c1-10-7-13(11(2)22-10)8-19-23(20,21)9-12-3-5-14(6-4-12)15(16,17)18/h3-7,19H,8-9H2,1-2H3. The van der Waals surface area contributed by atoms with E-state index in [-0.39, 0.29) is 17.9 Å². The predicted octanol–water partition coefficient (Wildman–Crippen LogP) is 3.53. The van der Waals surface area contributed by atoms with E-state index in [0.29, 0.717) is 11.5 Å². The van der Waals surface area contributed by atoms with Crippen LogP contribution < -0.4 is 4.72 Å². The Bertz CT molecular complexity index is 777. The molecule has 2 rings (SSSR count). The normalized spacial score (nSPS) is 12.6. The fraction of sp³-hybridized carbons (Fsp3) is 0.333. The summed E-state index contributed by atoms with van der Waals surface area (Å²) in [6, 6.07) is 5.80. The molecule has 1 heterocycles. The van der Waals surface area contributed by atoms with Crippen LogP contribution in [0.4, 0.5) is 13.2 Å². The van der Waals surface area contributed by atoms with Crippen molar-refractivity contribution in [1.29, 1.82) is 0 Å². The van der Waals surface area contributed by atoms with Crippen LogP contribution in [-0.2, 0) is 28.5 Å². The van der Waals surface area contributed by atoms with Crippen LogP contribution in [0.25, 0.3) is 0 Å². The number of furan rings is 1. The van der Waals surface area contributed by atoms with Gasteiger partial charge in [-0.05, 0) is 37.6 Å². The first-order chi connectivity index (χ1) is 10.6. The molecule has 1 aromatic carbocycles. The lowest BCUT2D eigenvalue weighted by Crippen LogP contribution is -2.24. The largest absolute Gasteiger partial charge is 0.466 e. The van der Waals surface area contributed by atoms with Crippen molar-refractivity contribution in [2.24, 2.45) is 0 Å². The average molecular weight is 347 g/mol. The van der Waals surface area contributed by atoms with E-state index in [2.05, 4.69) is 4.72 Å². The lowest BCUT2D eigenvalue weighted by Gasteiger charge is -2.09. The highest BCUT2D eigenvalue weighted by Gasteiger charge is 2.30. The van der Waals surface area contributed by atoms with Gasteiger partial charge in [-0.3, -0.25) is 0 Å². The van der Waals surface area contributed by atoms with Crippen LogP contribution in [0.2, 0.25) is 0 Å². The molecule has 0 radical (unpaired) electrons. The molecule has 4 nitrogen and oxygen atoms in total. The predicted molar refractivity (Wildman–Crippen MR) is 79.1 cm³/mol. The Morgan fingerprint density at radius 3 is 2.22 bits per heavy atom. The van der Waals surface area contributed by atoms with Crippen LogP contribution in [-0.4, -0.2) is 8.42 Å². The van der Waals surface area contributed by atoms with Gasteiger partial charge in [-0.15, -0.1) is 0 Å². The average Bonchev–Trinajstić information content (AvgIpc) is 2.74. The highest BCUT2D eigenvalue weighted by molar-refractivity contribution is 7.88. The van der Waals surface area contributed by atoms with Crippen LogP contribution in [0, 0.1) is 13.8 Å². The van der Waals surface area contributed by atoms with E-state index in [0.717, 1.165) is 29.8 Å². The number of nitrogens with one attached hydrogen (secondary N) is 1. The van der Waals surface area contributed by atoms with Crippen molar-refractivity contribution in [2.75, 3.05) is 0 Å². The zero-order valence-electron chi connectivity index (χ0n) is 12.6. The first kappa shape index (κ1) is 17.6. The molecule has 0 fully saturated rings. The second-order valence-corrected chi connectivity index (χ2v) is 7.02. The van der Waals surface area contributed by atoms with E-state index < -0.39 is 21.8 Å². The van der Waals surface area contributed by atoms with E-state index >= 15 is 0 Å². The summed E-state index contributed by atoms with van der Waals surface area (Å²) in [6.07, 6.45) is -4.44. The van der Waals surface area contributed by atoms with Crippen molar-refractivity contribution in [3.63, 3.8) is 0 Å². The van der Waals surface area contributed by atoms with Gasteiger partial charge in [-0.1, -0.05) is 12.1 Å². The van der Waals surface area contributed by atoms with Crippen molar-refractivity contribution in [3.8, 4) is 0 Å². The van der Waals surface area contributed by atoms with Gasteiger partial charge in [0.1, 0.15) is 11.5 Å². The third-order valence-electron chi connectivity index (χ3n) is 3.26. The van der Waals surface area contributed by atoms with Gasteiger partial charge in [0.25, 0.3) is 0 Å². The van der Waals surface area contributed by atoms with Gasteiger partial charge in [0, 0.05) is 12.1 Å². The van der Waals surface area contributed by atoms with Crippen LogP contribution in [0.1, 0.15) is 28.2 Å². The van der Waals surface area contributed by atoms with Crippen LogP contribution >= 0.6 is 0 Å². The molecule has 0 aliphatic rings. The lowest BCUT2D eigenvalue weighted by atomic mass is 10.1. The zero-order valence-corrected chi connectivity index (χ0v) is 13.4. The summed E-state index contributed by atoms with van der Waals surface area (Å²) < 4.78 is 69.1. The Morgan fingerprint density at radius 1 is 1.13 bits per heavy atom. The van der Waals surface area contributed by atoms with Crippen molar-refractivity contribution in [1.82, 2.24) is 4.72 Å². The first-order valence-corrected chi connectivity index (χ1v) is 8.41. The highest BCUT2D eigenvalue weighted by Crippen LogP contribution is 2.29. The summed E-state index contributed by atoms with van der Waals surface area (Å²) in [5, 5.41) is 0. The molecular formula is C15H16F3NO3S. The molecular weight excluding hydrogens is 331 g/mol. The summed E-state index contributed by atoms with van der Waals surface area (Å²) in [4.78, 5) is 0. The molecule has 8 heteroatoms. The van der Waals surface area contributed by atoms with E-state index in [9.17, 15) is 21.6 Å². The Hall–Kier alpha value is -1.80. The SMILES string of the molecule is Cc1cc(CNS(=O)(=O)Cc2ccc(C(F)(F)F)cc2)c(C)o1. The zero-order chi connectivity index (χ0) is 17.3. The summed E-state index contributed by atoms with van der Waals surface area (Å²) in [6.45, 7) is 3.56. The van der Waals surface area contributed by atoms with Gasteiger partial charge in [0.15, 0.2) is 0 Å². The second-order valence-electron chi connectivity index (χ2n) is 5.21. The second kappa shape index (κ2) is 6.37. The molecule has 0 amide bonds. The number of sulfonamides is 1. The molecule has 0 aliphatic carbocycles. The monoisotopic (exact) mass is 347 g/mol. The lowest BCUT2D eigenvalue weighted by molar-refractivity contribution is -0.137. The van der Waals surface area contributed by atoms with Crippen molar-refractivity contribution in [3.05, 3.63) is 58.5 Å². The van der Waals surface area contributed by atoms with Crippen LogP contribution in [0.5, 0.6) is 0 Å². The number of alkyl halides is 3. The Morgan fingerprint density at radius 2 is 1.74 bits per heavy atom. The molecule has 23 heavy (non-hydrogen) atoms. The van der Waals surface area contributed by atoms with E-state index in [4.69, 9.17) is 4.42 Å². The molecule has 0 aliphatic heterocycles. The van der Waals surface area contributed by atoms with Crippen molar-refractivity contribution >= 4 is 10.0 Å². The first-order valence-electron chi connectivity index (χ1n) is 6.76. The summed E-state index contributed by atoms with van der Waals surface area (Å²) in [7, 11) is -3.66. The molecule has 0 bridgehead atoms. The number of halogens is 3. The minimum absolute atomic E-state index is 0.0755. The minimum Gasteiger partial charge on any atom is -0.466 e. The molecule has 1 aromatic heterocycles. The van der Waals surface area contributed by atoms with Crippen molar-refractivity contribution in [2.45, 2.75) is 32.3 Å². The fourth-order valence-electron chi connectivity index (χ4n) is 2.11. The van der Waals surface area contributed by atoms with Crippen LogP contribution in [0.3, 0.4) is 0 Å². The Balaban J connectivity index is 2.02. The van der Waals surface area contributed by atoms with Gasteiger partial charge >= 0.3 is 6.18 Å². The topological polar surface area (TPSA) is 59.3 Å². The maximum atomic E-state index is 12.5. The minimum atomic E-state index is -4.44. The third kappa shape index (κ3) is 4.84. The Kier molecular flexibility index (Phi) is 4.86. The van der Waals surface area contributed by atoms with Gasteiger partial charge in [-0.25, -0.2) is 13.1 Å².